The van der Waals surface area contributed by atoms with E-state index in [0.29, 0.717) is 23.6 Å². The molecule has 160 valence electrons. The highest BCUT2D eigenvalue weighted by atomic mass is 19.4. The number of fused-ring (bicyclic) bond motifs is 1. The van der Waals surface area contributed by atoms with E-state index in [2.05, 4.69) is 20.4 Å². The number of amides is 1. The van der Waals surface area contributed by atoms with E-state index in [1.54, 1.807) is 13.8 Å². The number of nitrogens with zero attached hydrogens (tertiary/aromatic N) is 4. The molecule has 1 aromatic carbocycles. The number of hydrogen-bond acceptors (Lipinski definition) is 5. The highest BCUT2D eigenvalue weighted by Crippen LogP contribution is 2.27. The van der Waals surface area contributed by atoms with Gasteiger partial charge in [-0.15, -0.1) is 5.10 Å². The quantitative estimate of drug-likeness (QED) is 0.658. The van der Waals surface area contributed by atoms with Gasteiger partial charge in [-0.1, -0.05) is 12.1 Å². The lowest BCUT2D eigenvalue weighted by molar-refractivity contribution is -0.144. The summed E-state index contributed by atoms with van der Waals surface area (Å²) < 4.78 is 45.1. The largest absolute Gasteiger partial charge is 0.494 e. The molecule has 0 saturated heterocycles. The lowest BCUT2D eigenvalue weighted by Crippen LogP contribution is -2.29. The number of nitrogens with one attached hydrogen (secondary N) is 1. The van der Waals surface area contributed by atoms with Gasteiger partial charge in [-0.05, 0) is 45.4 Å². The third-order valence-corrected chi connectivity index (χ3v) is 4.71. The van der Waals surface area contributed by atoms with Crippen LogP contribution in [0.15, 0.2) is 24.3 Å². The topological polar surface area (TPSA) is 81.4 Å². The van der Waals surface area contributed by atoms with Crippen molar-refractivity contribution in [2.45, 2.75) is 46.3 Å². The van der Waals surface area contributed by atoms with Crippen molar-refractivity contribution in [3.05, 3.63) is 52.6 Å². The van der Waals surface area contributed by atoms with E-state index in [4.69, 9.17) is 4.74 Å². The second kappa shape index (κ2) is 8.29. The summed E-state index contributed by atoms with van der Waals surface area (Å²) in [6.45, 7) is 7.54. The molecule has 0 spiro atoms. The number of aromatic nitrogens is 4. The smallest absolute Gasteiger partial charge is 0.453 e. The van der Waals surface area contributed by atoms with Crippen LogP contribution in [0.4, 0.5) is 13.2 Å². The zero-order valence-corrected chi connectivity index (χ0v) is 17.0. The van der Waals surface area contributed by atoms with E-state index in [1.807, 2.05) is 38.1 Å². The third kappa shape index (κ3) is 4.52. The SMILES string of the molecule is CCOc1ccc(C(C)NC(=O)Cc2c(C)nc3nc(C(F)(F)F)nn3c2C)cc1. The minimum atomic E-state index is -4.67. The minimum absolute atomic E-state index is 0.0385. The highest BCUT2D eigenvalue weighted by molar-refractivity contribution is 5.79. The maximum absolute atomic E-state index is 12.9. The molecule has 0 fully saturated rings. The molecule has 0 radical (unpaired) electrons. The van der Waals surface area contributed by atoms with E-state index < -0.39 is 12.0 Å². The number of rotatable bonds is 6. The molecule has 7 nitrogen and oxygen atoms in total. The second-order valence-electron chi connectivity index (χ2n) is 6.87. The van der Waals surface area contributed by atoms with E-state index in [-0.39, 0.29) is 24.1 Å². The molecule has 0 aliphatic carbocycles. The van der Waals surface area contributed by atoms with Gasteiger partial charge in [0.1, 0.15) is 5.75 Å². The van der Waals surface area contributed by atoms with Crippen LogP contribution < -0.4 is 10.1 Å². The Labute approximate surface area is 171 Å². The van der Waals surface area contributed by atoms with Gasteiger partial charge in [0.2, 0.25) is 5.91 Å². The van der Waals surface area contributed by atoms with Gasteiger partial charge in [0.05, 0.1) is 19.1 Å². The summed E-state index contributed by atoms with van der Waals surface area (Å²) in [4.78, 5) is 20.1. The molecule has 0 aliphatic heterocycles. The summed E-state index contributed by atoms with van der Waals surface area (Å²) in [6, 6.07) is 7.14. The number of alkyl halides is 3. The Morgan fingerprint density at radius 1 is 1.20 bits per heavy atom. The Morgan fingerprint density at radius 2 is 1.87 bits per heavy atom. The molecule has 1 N–H and O–H groups in total. The van der Waals surface area contributed by atoms with Crippen LogP contribution >= 0.6 is 0 Å². The predicted molar refractivity (Wildman–Crippen MR) is 103 cm³/mol. The van der Waals surface area contributed by atoms with Crippen LogP contribution in [0.3, 0.4) is 0 Å². The van der Waals surface area contributed by atoms with Crippen LogP contribution in [0, 0.1) is 13.8 Å². The fourth-order valence-electron chi connectivity index (χ4n) is 3.14. The first-order valence-corrected chi connectivity index (χ1v) is 9.42. The van der Waals surface area contributed by atoms with Gasteiger partial charge in [0.15, 0.2) is 0 Å². The van der Waals surface area contributed by atoms with Crippen LogP contribution in [-0.4, -0.2) is 32.1 Å². The van der Waals surface area contributed by atoms with Crippen molar-refractivity contribution in [2.75, 3.05) is 6.61 Å². The average Bonchev–Trinajstić information content (AvgIpc) is 3.10. The van der Waals surface area contributed by atoms with Crippen molar-refractivity contribution in [2.24, 2.45) is 0 Å². The number of ether oxygens (including phenoxy) is 1. The molecule has 3 aromatic rings. The van der Waals surface area contributed by atoms with Gasteiger partial charge in [0, 0.05) is 17.0 Å². The summed E-state index contributed by atoms with van der Waals surface area (Å²) >= 11 is 0. The Balaban J connectivity index is 1.77. The lowest BCUT2D eigenvalue weighted by Gasteiger charge is -2.16. The zero-order chi connectivity index (χ0) is 22.1. The van der Waals surface area contributed by atoms with Crippen LogP contribution in [0.1, 0.15) is 48.2 Å². The molecule has 30 heavy (non-hydrogen) atoms. The number of aryl methyl sites for hydroxylation is 2. The molecule has 1 unspecified atom stereocenters. The van der Waals surface area contributed by atoms with Crippen molar-refractivity contribution in [3.63, 3.8) is 0 Å². The Hall–Kier alpha value is -3.17. The van der Waals surface area contributed by atoms with Gasteiger partial charge < -0.3 is 10.1 Å². The highest BCUT2D eigenvalue weighted by Gasteiger charge is 2.37. The summed E-state index contributed by atoms with van der Waals surface area (Å²) in [5.41, 5.74) is 2.24. The Morgan fingerprint density at radius 3 is 2.47 bits per heavy atom. The van der Waals surface area contributed by atoms with Gasteiger partial charge in [-0.25, -0.2) is 9.50 Å². The van der Waals surface area contributed by atoms with E-state index in [0.717, 1.165) is 15.8 Å². The molecule has 2 heterocycles. The first-order chi connectivity index (χ1) is 14.1. The molecule has 1 amide bonds. The predicted octanol–water partition coefficient (Wildman–Crippen LogP) is 3.58. The molecular formula is C20H22F3N5O2. The number of carbonyl (C=O) groups excluding carboxylic acids is 1. The molecule has 0 saturated carbocycles. The van der Waals surface area contributed by atoms with E-state index in [1.165, 1.54) is 0 Å². The summed E-state index contributed by atoms with van der Waals surface area (Å²) in [5.74, 6) is -0.941. The van der Waals surface area contributed by atoms with Crippen LogP contribution in [-0.2, 0) is 17.4 Å². The van der Waals surface area contributed by atoms with Gasteiger partial charge >= 0.3 is 6.18 Å². The third-order valence-electron chi connectivity index (χ3n) is 4.71. The summed E-state index contributed by atoms with van der Waals surface area (Å²) in [5, 5.41) is 6.39. The summed E-state index contributed by atoms with van der Waals surface area (Å²) in [6.07, 6.45) is -4.71. The zero-order valence-electron chi connectivity index (χ0n) is 17.0. The number of halogens is 3. The summed E-state index contributed by atoms with van der Waals surface area (Å²) in [7, 11) is 0. The van der Waals surface area contributed by atoms with Crippen molar-refractivity contribution >= 4 is 11.7 Å². The molecule has 0 aliphatic rings. The Bertz CT molecular complexity index is 1060. The molecule has 0 bridgehead atoms. The number of carbonyl (C=O) groups is 1. The molecule has 3 rings (SSSR count). The molecule has 2 aromatic heterocycles. The normalized spacial score (nSPS) is 12.8. The van der Waals surface area contributed by atoms with Crippen LogP contribution in [0.5, 0.6) is 5.75 Å². The van der Waals surface area contributed by atoms with Gasteiger partial charge in [-0.2, -0.15) is 18.2 Å². The van der Waals surface area contributed by atoms with E-state index >= 15 is 0 Å². The lowest BCUT2D eigenvalue weighted by atomic mass is 10.1. The maximum Gasteiger partial charge on any atom is 0.453 e. The maximum atomic E-state index is 12.9. The van der Waals surface area contributed by atoms with Crippen molar-refractivity contribution < 1.29 is 22.7 Å². The fraction of sp³-hybridized carbons (Fsp3) is 0.400. The van der Waals surface area contributed by atoms with Crippen molar-refractivity contribution in [3.8, 4) is 5.75 Å². The van der Waals surface area contributed by atoms with Crippen LogP contribution in [0.25, 0.3) is 5.78 Å². The van der Waals surface area contributed by atoms with Crippen molar-refractivity contribution in [1.82, 2.24) is 24.9 Å². The minimum Gasteiger partial charge on any atom is -0.494 e. The molecule has 1 atom stereocenters. The molecule has 10 heteroatoms. The fourth-order valence-corrected chi connectivity index (χ4v) is 3.14. The van der Waals surface area contributed by atoms with E-state index in [9.17, 15) is 18.0 Å². The first-order valence-electron chi connectivity index (χ1n) is 9.42. The first kappa shape index (κ1) is 21.5. The average molecular weight is 421 g/mol. The molecular weight excluding hydrogens is 399 g/mol. The Kier molecular flexibility index (Phi) is 5.95. The van der Waals surface area contributed by atoms with Crippen molar-refractivity contribution in [1.29, 1.82) is 0 Å². The van der Waals surface area contributed by atoms with Gasteiger partial charge in [0.25, 0.3) is 11.6 Å². The monoisotopic (exact) mass is 421 g/mol. The number of hydrogen-bond donors (Lipinski definition) is 1. The second-order valence-corrected chi connectivity index (χ2v) is 6.87. The standard InChI is InChI=1S/C20H22F3N5O2/c1-5-30-15-8-6-14(7-9-15)11(2)24-17(29)10-16-12(3)25-19-26-18(20(21,22)23)27-28(19)13(16)4/h6-9,11H,5,10H2,1-4H3,(H,24,29). The number of benzene rings is 1. The van der Waals surface area contributed by atoms with Crippen LogP contribution in [0.2, 0.25) is 0 Å². The van der Waals surface area contributed by atoms with Gasteiger partial charge in [-0.3, -0.25) is 4.79 Å².